The van der Waals surface area contributed by atoms with Crippen molar-refractivity contribution in [2.75, 3.05) is 31.2 Å². The molecule has 0 atom stereocenters. The fraction of sp³-hybridized carbons (Fsp3) is 0.222. The van der Waals surface area contributed by atoms with Crippen LogP contribution in [0.25, 0.3) is 22.3 Å². The molecule has 0 amide bonds. The van der Waals surface area contributed by atoms with Gasteiger partial charge < -0.3 is 19.8 Å². The number of benzene rings is 1. The van der Waals surface area contributed by atoms with Crippen LogP contribution in [0.5, 0.6) is 5.75 Å². The zero-order chi connectivity index (χ0) is 19.8. The average molecular weight is 405 g/mol. The van der Waals surface area contributed by atoms with E-state index >= 15 is 0 Å². The molecular formula is C18H14ClFN4O4. The van der Waals surface area contributed by atoms with Gasteiger partial charge in [0.2, 0.25) is 5.95 Å². The number of fused-ring (bicyclic) bond motifs is 1. The van der Waals surface area contributed by atoms with E-state index in [1.54, 1.807) is 0 Å². The molecule has 2 aromatic heterocycles. The number of pyridine rings is 1. The van der Waals surface area contributed by atoms with Crippen molar-refractivity contribution >= 4 is 34.6 Å². The van der Waals surface area contributed by atoms with E-state index in [-0.39, 0.29) is 27.4 Å². The van der Waals surface area contributed by atoms with Gasteiger partial charge in [-0.1, -0.05) is 11.6 Å². The first-order valence-corrected chi connectivity index (χ1v) is 8.75. The highest BCUT2D eigenvalue weighted by atomic mass is 35.5. The monoisotopic (exact) mass is 404 g/mol. The lowest BCUT2D eigenvalue weighted by Crippen LogP contribution is -2.37. The summed E-state index contributed by atoms with van der Waals surface area (Å²) in [6.07, 6.45) is 0. The minimum Gasteiger partial charge on any atom is -0.505 e. The Labute approximate surface area is 163 Å². The summed E-state index contributed by atoms with van der Waals surface area (Å²) in [5.41, 5.74) is 0.637. The Kier molecular flexibility index (Phi) is 4.70. The van der Waals surface area contributed by atoms with Crippen molar-refractivity contribution in [1.82, 2.24) is 15.0 Å². The number of rotatable bonds is 3. The van der Waals surface area contributed by atoms with E-state index in [9.17, 15) is 19.4 Å². The van der Waals surface area contributed by atoms with Gasteiger partial charge >= 0.3 is 5.97 Å². The molecule has 0 spiro atoms. The molecule has 0 aliphatic carbocycles. The highest BCUT2D eigenvalue weighted by Gasteiger charge is 2.21. The zero-order valence-corrected chi connectivity index (χ0v) is 15.1. The Morgan fingerprint density at radius 3 is 2.57 bits per heavy atom. The van der Waals surface area contributed by atoms with Crippen molar-refractivity contribution in [2.45, 2.75) is 0 Å². The van der Waals surface area contributed by atoms with Crippen LogP contribution in [0.2, 0.25) is 5.02 Å². The van der Waals surface area contributed by atoms with Crippen LogP contribution < -0.4 is 4.90 Å². The van der Waals surface area contributed by atoms with Crippen LogP contribution in [0.15, 0.2) is 24.3 Å². The van der Waals surface area contributed by atoms with Crippen LogP contribution in [-0.2, 0) is 4.74 Å². The molecule has 28 heavy (non-hydrogen) atoms. The highest BCUT2D eigenvalue weighted by Crippen LogP contribution is 2.33. The number of phenols is 1. The minimum absolute atomic E-state index is 0.0970. The van der Waals surface area contributed by atoms with E-state index in [0.717, 1.165) is 6.07 Å². The van der Waals surface area contributed by atoms with Crippen molar-refractivity contribution in [3.05, 3.63) is 40.8 Å². The minimum atomic E-state index is -1.26. The molecule has 0 bridgehead atoms. The first kappa shape index (κ1) is 18.3. The molecule has 1 aliphatic rings. The lowest BCUT2D eigenvalue weighted by atomic mass is 10.1. The highest BCUT2D eigenvalue weighted by molar-refractivity contribution is 6.35. The molecule has 10 heteroatoms. The summed E-state index contributed by atoms with van der Waals surface area (Å²) in [5, 5.41) is 18.9. The summed E-state index contributed by atoms with van der Waals surface area (Å²) < 4.78 is 19.3. The van der Waals surface area contributed by atoms with Gasteiger partial charge in [-0.05, 0) is 24.3 Å². The lowest BCUT2D eigenvalue weighted by Gasteiger charge is -2.27. The summed E-state index contributed by atoms with van der Waals surface area (Å²) in [7, 11) is 0. The SMILES string of the molecule is O=C(O)c1cc(Cl)c2nc(N3CCOCC3)nc(-c3ccc(O)c(F)c3)c2n1. The standard InChI is InChI=1S/C18H14ClFN4O4/c19-10-8-12(17(26)27)21-16-14(9-1-2-13(25)11(20)7-9)22-18(23-15(10)16)24-3-5-28-6-4-24/h1-2,7-8,25H,3-6H2,(H,26,27). The molecule has 0 unspecified atom stereocenters. The maximum Gasteiger partial charge on any atom is 0.354 e. The van der Waals surface area contributed by atoms with E-state index in [0.29, 0.717) is 37.8 Å². The second-order valence-corrected chi connectivity index (χ2v) is 6.54. The first-order valence-electron chi connectivity index (χ1n) is 8.37. The van der Waals surface area contributed by atoms with Gasteiger partial charge in [0.15, 0.2) is 17.3 Å². The third kappa shape index (κ3) is 3.30. The number of aromatic hydroxyl groups is 1. The fourth-order valence-electron chi connectivity index (χ4n) is 2.93. The number of carboxylic acid groups (broad SMARTS) is 1. The molecule has 2 N–H and O–H groups in total. The number of halogens is 2. The van der Waals surface area contributed by atoms with Crippen molar-refractivity contribution in [2.24, 2.45) is 0 Å². The Bertz CT molecular complexity index is 1090. The van der Waals surface area contributed by atoms with E-state index in [2.05, 4.69) is 15.0 Å². The quantitative estimate of drug-likeness (QED) is 0.686. The number of carboxylic acids is 1. The molecule has 3 heterocycles. The third-order valence-electron chi connectivity index (χ3n) is 4.33. The van der Waals surface area contributed by atoms with Gasteiger partial charge in [-0.15, -0.1) is 0 Å². The molecule has 0 saturated carbocycles. The molecule has 1 aliphatic heterocycles. The Balaban J connectivity index is 1.99. The van der Waals surface area contributed by atoms with Crippen LogP contribution in [0.1, 0.15) is 10.5 Å². The number of phenolic OH excluding ortho intramolecular Hbond substituents is 1. The van der Waals surface area contributed by atoms with Gasteiger partial charge in [0, 0.05) is 18.7 Å². The summed E-state index contributed by atoms with van der Waals surface area (Å²) in [4.78, 5) is 26.3. The predicted molar refractivity (Wildman–Crippen MR) is 99.4 cm³/mol. The van der Waals surface area contributed by atoms with Crippen LogP contribution in [0.4, 0.5) is 10.3 Å². The third-order valence-corrected chi connectivity index (χ3v) is 4.62. The predicted octanol–water partition coefficient (Wildman–Crippen LogP) is 2.72. The molecule has 144 valence electrons. The molecule has 0 radical (unpaired) electrons. The summed E-state index contributed by atoms with van der Waals surface area (Å²) >= 11 is 6.28. The van der Waals surface area contributed by atoms with E-state index in [4.69, 9.17) is 16.3 Å². The largest absolute Gasteiger partial charge is 0.505 e. The van der Waals surface area contributed by atoms with Crippen LogP contribution in [0, 0.1) is 5.82 Å². The zero-order valence-electron chi connectivity index (χ0n) is 14.4. The molecule has 8 nitrogen and oxygen atoms in total. The van der Waals surface area contributed by atoms with Gasteiger partial charge in [0.25, 0.3) is 0 Å². The Hall–Kier alpha value is -3.04. The van der Waals surface area contributed by atoms with Gasteiger partial charge in [-0.3, -0.25) is 0 Å². The number of aromatic carboxylic acids is 1. The molecule has 3 aromatic rings. The number of hydrogen-bond donors (Lipinski definition) is 2. The number of nitrogens with zero attached hydrogens (tertiary/aromatic N) is 4. The average Bonchev–Trinajstić information content (AvgIpc) is 2.70. The fourth-order valence-corrected chi connectivity index (χ4v) is 3.16. The van der Waals surface area contributed by atoms with Crippen LogP contribution in [0.3, 0.4) is 0 Å². The van der Waals surface area contributed by atoms with Crippen molar-refractivity contribution in [3.8, 4) is 17.0 Å². The van der Waals surface area contributed by atoms with Gasteiger partial charge in [-0.2, -0.15) is 0 Å². The molecule has 1 aromatic carbocycles. The Morgan fingerprint density at radius 2 is 1.89 bits per heavy atom. The van der Waals surface area contributed by atoms with E-state index in [1.165, 1.54) is 18.2 Å². The molecule has 1 fully saturated rings. The van der Waals surface area contributed by atoms with Crippen LogP contribution in [-0.4, -0.2) is 57.4 Å². The van der Waals surface area contributed by atoms with E-state index in [1.807, 2.05) is 4.90 Å². The number of morpholine rings is 1. The van der Waals surface area contributed by atoms with Crippen molar-refractivity contribution in [3.63, 3.8) is 0 Å². The van der Waals surface area contributed by atoms with E-state index < -0.39 is 17.5 Å². The number of carbonyl (C=O) groups is 1. The second-order valence-electron chi connectivity index (χ2n) is 6.13. The second kappa shape index (κ2) is 7.17. The lowest BCUT2D eigenvalue weighted by molar-refractivity contribution is 0.0691. The van der Waals surface area contributed by atoms with Crippen molar-refractivity contribution < 1.29 is 24.1 Å². The first-order chi connectivity index (χ1) is 13.4. The molecule has 1 saturated heterocycles. The summed E-state index contributed by atoms with van der Waals surface area (Å²) in [5.74, 6) is -2.25. The maximum absolute atomic E-state index is 13.9. The number of ether oxygens (including phenoxy) is 1. The molecule has 4 rings (SSSR count). The number of hydrogen-bond acceptors (Lipinski definition) is 7. The smallest absolute Gasteiger partial charge is 0.354 e. The summed E-state index contributed by atoms with van der Waals surface area (Å²) in [6, 6.07) is 4.97. The van der Waals surface area contributed by atoms with Crippen LogP contribution >= 0.6 is 11.6 Å². The topological polar surface area (TPSA) is 109 Å². The molecular weight excluding hydrogens is 391 g/mol. The maximum atomic E-state index is 13.9. The van der Waals surface area contributed by atoms with Gasteiger partial charge in [0.1, 0.15) is 16.7 Å². The van der Waals surface area contributed by atoms with Gasteiger partial charge in [0.05, 0.1) is 18.2 Å². The summed E-state index contributed by atoms with van der Waals surface area (Å²) in [6.45, 7) is 2.14. The van der Waals surface area contributed by atoms with Gasteiger partial charge in [-0.25, -0.2) is 24.1 Å². The Morgan fingerprint density at radius 1 is 1.14 bits per heavy atom. The normalized spacial score (nSPS) is 14.4. The van der Waals surface area contributed by atoms with Crippen molar-refractivity contribution in [1.29, 1.82) is 0 Å². The number of aromatic nitrogens is 3. The number of anilines is 1.